The van der Waals surface area contributed by atoms with E-state index in [-0.39, 0.29) is 5.91 Å². The summed E-state index contributed by atoms with van der Waals surface area (Å²) in [5.74, 6) is 0.594. The van der Waals surface area contributed by atoms with Crippen molar-refractivity contribution in [2.45, 2.75) is 32.7 Å². The van der Waals surface area contributed by atoms with E-state index in [0.717, 1.165) is 52.7 Å². The standard InChI is InChI=1S/C20H25N5OS/c1-14-23-24-20(27-14)13-25-8-4-5-15(12-25)10-22-19(26)9-16-11-21-18-7-3-2-6-17(16)18/h2-3,6-7,11,15,21H,4-5,8-10,12-13H2,1H3,(H,22,26). The predicted octanol–water partition coefficient (Wildman–Crippen LogP) is 2.90. The van der Waals surface area contributed by atoms with Gasteiger partial charge in [-0.1, -0.05) is 18.2 Å². The lowest BCUT2D eigenvalue weighted by Crippen LogP contribution is -2.40. The van der Waals surface area contributed by atoms with Crippen LogP contribution in [-0.2, 0) is 17.8 Å². The number of nitrogens with one attached hydrogen (secondary N) is 2. The summed E-state index contributed by atoms with van der Waals surface area (Å²) in [6.07, 6.45) is 4.70. The van der Waals surface area contributed by atoms with Crippen LogP contribution in [-0.4, -0.2) is 45.6 Å². The van der Waals surface area contributed by atoms with Gasteiger partial charge >= 0.3 is 0 Å². The number of hydrogen-bond donors (Lipinski definition) is 2. The van der Waals surface area contributed by atoms with E-state index >= 15 is 0 Å². The Labute approximate surface area is 163 Å². The number of carbonyl (C=O) groups is 1. The first kappa shape index (κ1) is 18.1. The zero-order chi connectivity index (χ0) is 18.6. The molecule has 27 heavy (non-hydrogen) atoms. The molecule has 1 atom stereocenters. The number of carbonyl (C=O) groups excluding carboxylic acids is 1. The quantitative estimate of drug-likeness (QED) is 0.686. The average molecular weight is 384 g/mol. The van der Waals surface area contributed by atoms with E-state index in [2.05, 4.69) is 31.5 Å². The molecule has 0 spiro atoms. The summed E-state index contributed by atoms with van der Waals surface area (Å²) >= 11 is 1.67. The highest BCUT2D eigenvalue weighted by Crippen LogP contribution is 2.20. The largest absolute Gasteiger partial charge is 0.361 e. The molecular formula is C20H25N5OS. The lowest BCUT2D eigenvalue weighted by atomic mass is 9.98. The van der Waals surface area contributed by atoms with Crippen LogP contribution in [0.15, 0.2) is 30.5 Å². The summed E-state index contributed by atoms with van der Waals surface area (Å²) in [4.78, 5) is 18.1. The van der Waals surface area contributed by atoms with Gasteiger partial charge in [0.15, 0.2) is 0 Å². The van der Waals surface area contributed by atoms with Crippen LogP contribution in [0.25, 0.3) is 10.9 Å². The summed E-state index contributed by atoms with van der Waals surface area (Å²) in [5.41, 5.74) is 2.13. The fourth-order valence-electron chi connectivity index (χ4n) is 3.83. The van der Waals surface area contributed by atoms with Gasteiger partial charge in [-0.3, -0.25) is 9.69 Å². The molecule has 2 aromatic heterocycles. The minimum absolute atomic E-state index is 0.0941. The Morgan fingerprint density at radius 2 is 2.26 bits per heavy atom. The van der Waals surface area contributed by atoms with Gasteiger partial charge < -0.3 is 10.3 Å². The Bertz CT molecular complexity index is 918. The number of fused-ring (bicyclic) bond motifs is 1. The van der Waals surface area contributed by atoms with E-state index in [1.165, 1.54) is 12.8 Å². The van der Waals surface area contributed by atoms with Gasteiger partial charge in [0.05, 0.1) is 13.0 Å². The van der Waals surface area contributed by atoms with E-state index in [1.54, 1.807) is 11.3 Å². The molecule has 1 saturated heterocycles. The third-order valence-electron chi connectivity index (χ3n) is 5.14. The average Bonchev–Trinajstić information content (AvgIpc) is 3.27. The minimum atomic E-state index is 0.0941. The molecule has 2 N–H and O–H groups in total. The molecular weight excluding hydrogens is 358 g/mol. The Morgan fingerprint density at radius 1 is 1.37 bits per heavy atom. The Hall–Kier alpha value is -2.25. The van der Waals surface area contributed by atoms with Gasteiger partial charge in [0.2, 0.25) is 5.91 Å². The predicted molar refractivity (Wildman–Crippen MR) is 108 cm³/mol. The summed E-state index contributed by atoms with van der Waals surface area (Å²) in [5, 5.41) is 14.7. The Kier molecular flexibility index (Phi) is 5.50. The normalized spacial score (nSPS) is 18.0. The van der Waals surface area contributed by atoms with Crippen LogP contribution in [0.5, 0.6) is 0 Å². The van der Waals surface area contributed by atoms with Gasteiger partial charge in [-0.05, 0) is 43.9 Å². The number of aromatic amines is 1. The van der Waals surface area contributed by atoms with Crippen molar-refractivity contribution in [3.05, 3.63) is 46.0 Å². The fourth-order valence-corrected chi connectivity index (χ4v) is 4.58. The van der Waals surface area contributed by atoms with Crippen molar-refractivity contribution in [3.8, 4) is 0 Å². The van der Waals surface area contributed by atoms with Crippen LogP contribution in [0.2, 0.25) is 0 Å². The van der Waals surface area contributed by atoms with Crippen molar-refractivity contribution >= 4 is 28.1 Å². The van der Waals surface area contributed by atoms with Gasteiger partial charge in [-0.25, -0.2) is 0 Å². The topological polar surface area (TPSA) is 73.9 Å². The van der Waals surface area contributed by atoms with E-state index in [4.69, 9.17) is 0 Å². The molecule has 7 heteroatoms. The van der Waals surface area contributed by atoms with E-state index in [1.807, 2.05) is 31.3 Å². The second kappa shape index (κ2) is 8.19. The van der Waals surface area contributed by atoms with Gasteiger partial charge in [0, 0.05) is 30.2 Å². The molecule has 1 fully saturated rings. The first-order valence-electron chi connectivity index (χ1n) is 9.50. The third kappa shape index (κ3) is 4.54. The van der Waals surface area contributed by atoms with Gasteiger partial charge in [-0.15, -0.1) is 21.5 Å². The zero-order valence-corrected chi connectivity index (χ0v) is 16.4. The molecule has 0 aliphatic carbocycles. The second-order valence-corrected chi connectivity index (χ2v) is 8.56. The maximum Gasteiger partial charge on any atom is 0.224 e. The zero-order valence-electron chi connectivity index (χ0n) is 15.6. The maximum absolute atomic E-state index is 12.4. The molecule has 142 valence electrons. The molecule has 3 aromatic rings. The highest BCUT2D eigenvalue weighted by atomic mass is 32.1. The molecule has 1 aliphatic rings. The number of benzene rings is 1. The lowest BCUT2D eigenvalue weighted by molar-refractivity contribution is -0.120. The number of hydrogen-bond acceptors (Lipinski definition) is 5. The Balaban J connectivity index is 1.27. The van der Waals surface area contributed by atoms with Gasteiger partial charge in [0.1, 0.15) is 10.0 Å². The van der Waals surface area contributed by atoms with Crippen molar-refractivity contribution in [2.75, 3.05) is 19.6 Å². The molecule has 4 rings (SSSR count). The van der Waals surface area contributed by atoms with E-state index in [0.29, 0.717) is 12.3 Å². The first-order chi connectivity index (χ1) is 13.2. The summed E-state index contributed by atoms with van der Waals surface area (Å²) in [6, 6.07) is 8.10. The SMILES string of the molecule is Cc1nnc(CN2CCCC(CNC(=O)Cc3c[nH]c4ccccc34)C2)s1. The van der Waals surface area contributed by atoms with Gasteiger partial charge in [0.25, 0.3) is 0 Å². The molecule has 1 aromatic carbocycles. The number of amides is 1. The highest BCUT2D eigenvalue weighted by Gasteiger charge is 2.21. The van der Waals surface area contributed by atoms with Crippen LogP contribution in [0.3, 0.4) is 0 Å². The van der Waals surface area contributed by atoms with E-state index < -0.39 is 0 Å². The van der Waals surface area contributed by atoms with Crippen molar-refractivity contribution < 1.29 is 4.79 Å². The molecule has 6 nitrogen and oxygen atoms in total. The van der Waals surface area contributed by atoms with Crippen LogP contribution < -0.4 is 5.32 Å². The third-order valence-corrected chi connectivity index (χ3v) is 5.97. The number of rotatable bonds is 6. The highest BCUT2D eigenvalue weighted by molar-refractivity contribution is 7.11. The summed E-state index contributed by atoms with van der Waals surface area (Å²) < 4.78 is 0. The van der Waals surface area contributed by atoms with Crippen LogP contribution in [0.1, 0.15) is 28.4 Å². The number of likely N-dealkylation sites (tertiary alicyclic amines) is 1. The van der Waals surface area contributed by atoms with Crippen LogP contribution >= 0.6 is 11.3 Å². The molecule has 1 amide bonds. The maximum atomic E-state index is 12.4. The molecule has 1 aliphatic heterocycles. The lowest BCUT2D eigenvalue weighted by Gasteiger charge is -2.32. The van der Waals surface area contributed by atoms with Crippen molar-refractivity contribution in [2.24, 2.45) is 5.92 Å². The fraction of sp³-hybridized carbons (Fsp3) is 0.450. The summed E-state index contributed by atoms with van der Waals surface area (Å²) in [7, 11) is 0. The van der Waals surface area contributed by atoms with Gasteiger partial charge in [-0.2, -0.15) is 0 Å². The Morgan fingerprint density at radius 3 is 3.11 bits per heavy atom. The monoisotopic (exact) mass is 383 g/mol. The number of nitrogens with zero attached hydrogens (tertiary/aromatic N) is 3. The van der Waals surface area contributed by atoms with Crippen molar-refractivity contribution in [1.82, 2.24) is 25.4 Å². The number of piperidine rings is 1. The minimum Gasteiger partial charge on any atom is -0.361 e. The molecule has 3 heterocycles. The number of aromatic nitrogens is 3. The first-order valence-corrected chi connectivity index (χ1v) is 10.3. The number of aryl methyl sites for hydroxylation is 1. The smallest absolute Gasteiger partial charge is 0.224 e. The van der Waals surface area contributed by atoms with Crippen LogP contribution in [0, 0.1) is 12.8 Å². The van der Waals surface area contributed by atoms with E-state index in [9.17, 15) is 4.79 Å². The molecule has 0 saturated carbocycles. The van der Waals surface area contributed by atoms with Crippen molar-refractivity contribution in [1.29, 1.82) is 0 Å². The molecule has 0 radical (unpaired) electrons. The van der Waals surface area contributed by atoms with Crippen molar-refractivity contribution in [3.63, 3.8) is 0 Å². The number of H-pyrrole nitrogens is 1. The van der Waals surface area contributed by atoms with Crippen LogP contribution in [0.4, 0.5) is 0 Å². The number of para-hydroxylation sites is 1. The summed E-state index contributed by atoms with van der Waals surface area (Å²) in [6.45, 7) is 5.70. The molecule has 1 unspecified atom stereocenters. The molecule has 0 bridgehead atoms. The second-order valence-electron chi connectivity index (χ2n) is 7.30.